The number of rotatable bonds is 5. The number of aromatic hydroxyl groups is 1. The van der Waals surface area contributed by atoms with Crippen LogP contribution in [0.25, 0.3) is 0 Å². The summed E-state index contributed by atoms with van der Waals surface area (Å²) in [5.41, 5.74) is 0.920. The van der Waals surface area contributed by atoms with Gasteiger partial charge < -0.3 is 5.11 Å². The number of aromatic nitrogens is 1. The number of halogens is 2. The minimum Gasteiger partial charge on any atom is -0.493 e. The molecular weight excluding hydrogens is 411 g/mol. The fourth-order valence-corrected chi connectivity index (χ4v) is 3.16. The summed E-state index contributed by atoms with van der Waals surface area (Å²) >= 11 is 12.1. The van der Waals surface area contributed by atoms with Crippen LogP contribution in [0.4, 0.5) is 11.4 Å². The van der Waals surface area contributed by atoms with Crippen molar-refractivity contribution in [3.05, 3.63) is 85.6 Å². The van der Waals surface area contributed by atoms with Crippen molar-refractivity contribution in [1.82, 2.24) is 4.57 Å². The highest BCUT2D eigenvalue weighted by atomic mass is 35.5. The largest absolute Gasteiger partial charge is 0.493 e. The van der Waals surface area contributed by atoms with Crippen LogP contribution >= 0.6 is 23.2 Å². The summed E-state index contributed by atoms with van der Waals surface area (Å²) in [6.07, 6.45) is 0.499. The van der Waals surface area contributed by atoms with Crippen molar-refractivity contribution in [2.75, 3.05) is 0 Å². The average Bonchev–Trinajstić information content (AvgIpc) is 2.72. The molecule has 0 aliphatic carbocycles. The summed E-state index contributed by atoms with van der Waals surface area (Å²) in [5, 5.41) is 28.5. The molecular formula is C21H16Cl2N4O2. The van der Waals surface area contributed by atoms with Gasteiger partial charge in [-0.15, -0.1) is 10.2 Å². The van der Waals surface area contributed by atoms with Gasteiger partial charge in [-0.05, 0) is 31.0 Å². The predicted molar refractivity (Wildman–Crippen MR) is 113 cm³/mol. The molecule has 0 aliphatic rings. The Hall–Kier alpha value is -3.14. The first-order valence-corrected chi connectivity index (χ1v) is 9.45. The quantitative estimate of drug-likeness (QED) is 0.530. The van der Waals surface area contributed by atoms with E-state index in [1.807, 2.05) is 36.4 Å². The van der Waals surface area contributed by atoms with Gasteiger partial charge in [0.15, 0.2) is 5.69 Å². The maximum Gasteiger partial charge on any atom is 0.281 e. The van der Waals surface area contributed by atoms with E-state index < -0.39 is 5.56 Å². The minimum atomic E-state index is -0.545. The maximum absolute atomic E-state index is 13.0. The summed E-state index contributed by atoms with van der Waals surface area (Å²) in [5.74, 6) is -0.384. The Morgan fingerprint density at radius 1 is 1.10 bits per heavy atom. The number of nitrogens with zero attached hydrogens (tertiary/aromatic N) is 4. The molecule has 0 atom stereocenters. The van der Waals surface area contributed by atoms with Gasteiger partial charge in [-0.3, -0.25) is 9.36 Å². The number of hydrogen-bond donors (Lipinski definition) is 1. The Morgan fingerprint density at radius 3 is 2.52 bits per heavy atom. The topological polar surface area (TPSA) is 90.7 Å². The zero-order valence-corrected chi connectivity index (χ0v) is 16.9. The van der Waals surface area contributed by atoms with Gasteiger partial charge in [-0.1, -0.05) is 59.6 Å². The van der Waals surface area contributed by atoms with E-state index in [0.29, 0.717) is 17.1 Å². The molecule has 1 heterocycles. The zero-order chi connectivity index (χ0) is 21.0. The summed E-state index contributed by atoms with van der Waals surface area (Å²) in [6, 6.07) is 16.3. The van der Waals surface area contributed by atoms with Gasteiger partial charge in [-0.2, -0.15) is 5.26 Å². The van der Waals surface area contributed by atoms with Crippen LogP contribution < -0.4 is 5.56 Å². The molecule has 0 saturated carbocycles. The lowest BCUT2D eigenvalue weighted by molar-refractivity contribution is 0.404. The summed E-state index contributed by atoms with van der Waals surface area (Å²) in [6.45, 7) is 1.72. The number of hydrogen-bond acceptors (Lipinski definition) is 5. The minimum absolute atomic E-state index is 0.0243. The first-order valence-electron chi connectivity index (χ1n) is 8.70. The molecule has 29 heavy (non-hydrogen) atoms. The van der Waals surface area contributed by atoms with Crippen LogP contribution in [0, 0.1) is 18.3 Å². The first-order chi connectivity index (χ1) is 13.9. The van der Waals surface area contributed by atoms with E-state index in [1.165, 1.54) is 6.92 Å². The lowest BCUT2D eigenvalue weighted by atomic mass is 10.1. The SMILES string of the molecule is Cc1c(C#N)c(O)n(CCc2ccccc2)c(=O)c1N=Nc1cccc(Cl)c1Cl. The molecule has 146 valence electrons. The van der Waals surface area contributed by atoms with Crippen LogP contribution in [-0.4, -0.2) is 9.67 Å². The molecule has 2 aromatic carbocycles. The number of azo groups is 1. The van der Waals surface area contributed by atoms with Crippen LogP contribution in [-0.2, 0) is 13.0 Å². The lowest BCUT2D eigenvalue weighted by Crippen LogP contribution is -2.22. The zero-order valence-electron chi connectivity index (χ0n) is 15.4. The molecule has 0 radical (unpaired) electrons. The Bertz CT molecular complexity index is 1180. The van der Waals surface area contributed by atoms with Crippen LogP contribution in [0.15, 0.2) is 63.6 Å². The van der Waals surface area contributed by atoms with E-state index in [-0.39, 0.29) is 34.3 Å². The van der Waals surface area contributed by atoms with E-state index >= 15 is 0 Å². The van der Waals surface area contributed by atoms with Crippen LogP contribution in [0.5, 0.6) is 5.88 Å². The van der Waals surface area contributed by atoms with E-state index in [0.717, 1.165) is 10.1 Å². The van der Waals surface area contributed by atoms with E-state index in [1.54, 1.807) is 18.2 Å². The molecule has 1 aromatic heterocycles. The smallest absolute Gasteiger partial charge is 0.281 e. The molecule has 1 N–H and O–H groups in total. The third-order valence-corrected chi connectivity index (χ3v) is 5.23. The predicted octanol–water partition coefficient (Wildman–Crippen LogP) is 5.70. The highest BCUT2D eigenvalue weighted by molar-refractivity contribution is 6.43. The number of pyridine rings is 1. The first kappa shape index (κ1) is 20.6. The van der Waals surface area contributed by atoms with Crippen LogP contribution in [0.1, 0.15) is 16.7 Å². The maximum atomic E-state index is 13.0. The fraction of sp³-hybridized carbons (Fsp3) is 0.143. The summed E-state index contributed by atoms with van der Waals surface area (Å²) < 4.78 is 1.13. The molecule has 0 aliphatic heterocycles. The summed E-state index contributed by atoms with van der Waals surface area (Å²) in [4.78, 5) is 13.0. The molecule has 0 unspecified atom stereocenters. The van der Waals surface area contributed by atoms with Gasteiger partial charge in [0.1, 0.15) is 17.3 Å². The molecule has 8 heteroatoms. The molecule has 0 saturated heterocycles. The van der Waals surface area contributed by atoms with Gasteiger partial charge in [0.25, 0.3) is 5.56 Å². The Kier molecular flexibility index (Phi) is 6.32. The highest BCUT2D eigenvalue weighted by Gasteiger charge is 2.19. The monoisotopic (exact) mass is 426 g/mol. The molecule has 0 amide bonds. The van der Waals surface area contributed by atoms with Gasteiger partial charge in [0.05, 0.1) is 10.0 Å². The number of benzene rings is 2. The third-order valence-electron chi connectivity index (χ3n) is 4.42. The number of nitriles is 1. The third kappa shape index (κ3) is 4.32. The molecule has 3 aromatic rings. The van der Waals surface area contributed by atoms with Crippen molar-refractivity contribution in [2.45, 2.75) is 19.9 Å². The molecule has 0 fully saturated rings. The average molecular weight is 427 g/mol. The van der Waals surface area contributed by atoms with Gasteiger partial charge in [-0.25, -0.2) is 0 Å². The molecule has 6 nitrogen and oxygen atoms in total. The van der Waals surface area contributed by atoms with Crippen molar-refractivity contribution < 1.29 is 5.11 Å². The molecule has 3 rings (SSSR count). The Labute approximate surface area is 177 Å². The van der Waals surface area contributed by atoms with Gasteiger partial charge in [0, 0.05) is 12.1 Å². The highest BCUT2D eigenvalue weighted by Crippen LogP contribution is 2.33. The van der Waals surface area contributed by atoms with Crippen LogP contribution in [0.2, 0.25) is 10.0 Å². The van der Waals surface area contributed by atoms with Gasteiger partial charge in [0.2, 0.25) is 5.88 Å². The second-order valence-electron chi connectivity index (χ2n) is 6.25. The van der Waals surface area contributed by atoms with Crippen molar-refractivity contribution in [1.29, 1.82) is 5.26 Å². The van der Waals surface area contributed by atoms with E-state index in [4.69, 9.17) is 23.2 Å². The fourth-order valence-electron chi connectivity index (χ4n) is 2.82. The van der Waals surface area contributed by atoms with Crippen molar-refractivity contribution in [3.63, 3.8) is 0 Å². The Morgan fingerprint density at radius 2 is 1.83 bits per heavy atom. The van der Waals surface area contributed by atoms with Crippen LogP contribution in [0.3, 0.4) is 0 Å². The standard InChI is InChI=1S/C21H16Cl2N4O2/c1-13-15(12-24)20(28)27(11-10-14-6-3-2-4-7-14)21(29)19(13)26-25-17-9-5-8-16(22)18(17)23/h2-9,28H,10-11H2,1H3. The lowest BCUT2D eigenvalue weighted by Gasteiger charge is -2.13. The van der Waals surface area contributed by atoms with Crippen molar-refractivity contribution in [3.8, 4) is 11.9 Å². The van der Waals surface area contributed by atoms with E-state index in [2.05, 4.69) is 10.2 Å². The second-order valence-corrected chi connectivity index (χ2v) is 7.03. The van der Waals surface area contributed by atoms with Crippen molar-refractivity contribution in [2.24, 2.45) is 10.2 Å². The molecule has 0 bridgehead atoms. The molecule has 0 spiro atoms. The Balaban J connectivity index is 2.05. The van der Waals surface area contributed by atoms with E-state index in [9.17, 15) is 15.2 Å². The normalized spacial score (nSPS) is 11.0. The van der Waals surface area contributed by atoms with Gasteiger partial charge >= 0.3 is 0 Å². The summed E-state index contributed by atoms with van der Waals surface area (Å²) in [7, 11) is 0. The second kappa shape index (κ2) is 8.91. The number of aryl methyl sites for hydroxylation is 1. The van der Waals surface area contributed by atoms with Crippen molar-refractivity contribution >= 4 is 34.6 Å².